The lowest BCUT2D eigenvalue weighted by molar-refractivity contribution is 0.468. The van der Waals surface area contributed by atoms with Gasteiger partial charge in [0.2, 0.25) is 0 Å². The summed E-state index contributed by atoms with van der Waals surface area (Å²) < 4.78 is 0. The molecule has 280 valence electrons. The summed E-state index contributed by atoms with van der Waals surface area (Å²) >= 11 is 6.71. The first-order chi connectivity index (χ1) is 25.6. The van der Waals surface area contributed by atoms with Gasteiger partial charge in [0, 0.05) is 47.2 Å². The Bertz CT molecular complexity index is 1990. The molecule has 0 radical (unpaired) electrons. The summed E-state index contributed by atoms with van der Waals surface area (Å²) in [7, 11) is 0. The maximum atomic E-state index is 10.2. The van der Waals surface area contributed by atoms with Gasteiger partial charge in [-0.15, -0.1) is 45.3 Å². The topological polar surface area (TPSA) is 102 Å². The molecule has 3 atom stereocenters. The van der Waals surface area contributed by atoms with E-state index in [1.54, 1.807) is 57.5 Å². The maximum Gasteiger partial charge on any atom is 0.185 e. The number of aromatic nitrogens is 4. The molecule has 2 aromatic carbocycles. The lowest BCUT2D eigenvalue weighted by Crippen LogP contribution is -2.53. The lowest BCUT2D eigenvalue weighted by atomic mass is 9.99. The van der Waals surface area contributed by atoms with E-state index in [4.69, 9.17) is 19.9 Å². The predicted molar refractivity (Wildman–Crippen MR) is 227 cm³/mol. The van der Waals surface area contributed by atoms with Crippen LogP contribution in [-0.4, -0.2) is 62.8 Å². The molecule has 4 aromatic heterocycles. The third-order valence-corrected chi connectivity index (χ3v) is 12.7. The van der Waals surface area contributed by atoms with Crippen molar-refractivity contribution in [3.8, 4) is 5.75 Å². The number of rotatable bonds is 19. The summed E-state index contributed by atoms with van der Waals surface area (Å²) in [6.07, 6.45) is 2.57. The van der Waals surface area contributed by atoms with Gasteiger partial charge in [-0.2, -0.15) is 0 Å². The Morgan fingerprint density at radius 1 is 0.623 bits per heavy atom. The van der Waals surface area contributed by atoms with Crippen molar-refractivity contribution in [2.75, 3.05) is 40.1 Å². The van der Waals surface area contributed by atoms with Crippen LogP contribution >= 0.6 is 45.3 Å². The van der Waals surface area contributed by atoms with E-state index in [0.29, 0.717) is 19.0 Å². The first kappa shape index (κ1) is 38.7. The van der Waals surface area contributed by atoms with Gasteiger partial charge in [0.1, 0.15) is 5.75 Å². The number of phenols is 1. The van der Waals surface area contributed by atoms with E-state index in [1.165, 1.54) is 5.56 Å². The van der Waals surface area contributed by atoms with Crippen molar-refractivity contribution in [3.05, 3.63) is 110 Å². The van der Waals surface area contributed by atoms with Crippen LogP contribution in [-0.2, 0) is 12.8 Å². The number of phenolic OH excluding ortho intramolecular Hbond substituents is 1. The number of hydrogen-bond acceptors (Lipinski definition) is 13. The van der Waals surface area contributed by atoms with E-state index >= 15 is 0 Å². The SMILES string of the molecule is Cc1csc(NC[C@H](Cc2ccccc2)N(C[C@H](Cc2ccc(O)cc2)N(C[C@H](CC(C)C)Nc2nc(C)cs2)c2nc(C)cs2)c2nc(C)cs2)n1. The summed E-state index contributed by atoms with van der Waals surface area (Å²) in [5.74, 6) is 0.749. The molecule has 0 fully saturated rings. The molecular weight excluding hydrogens is 737 g/mol. The highest BCUT2D eigenvalue weighted by Gasteiger charge is 2.32. The van der Waals surface area contributed by atoms with Gasteiger partial charge in [-0.05, 0) is 76.1 Å². The standard InChI is InChI=1S/C40H50N8OS4/c1-26(2)16-33(46-38-43-28(4)23-51-38)20-47(39-44-29(5)24-52-39)35(18-32-12-14-36(49)15-13-32)21-48(40-45-30(6)25-53-40)34(17-31-10-8-7-9-11-31)19-41-37-42-27(3)22-50-37/h7-15,22-26,33-35,49H,16-21H2,1-6H3,(H,41,42)(H,43,46)/t33-,34-,35-/m0/s1. The number of anilines is 4. The van der Waals surface area contributed by atoms with Crippen molar-refractivity contribution in [1.82, 2.24) is 19.9 Å². The van der Waals surface area contributed by atoms with Crippen molar-refractivity contribution < 1.29 is 5.11 Å². The average molecular weight is 787 g/mol. The Labute approximate surface area is 329 Å². The number of aromatic hydroxyl groups is 1. The first-order valence-corrected chi connectivity index (χ1v) is 21.6. The van der Waals surface area contributed by atoms with Gasteiger partial charge >= 0.3 is 0 Å². The van der Waals surface area contributed by atoms with Crippen LogP contribution in [0.3, 0.4) is 0 Å². The van der Waals surface area contributed by atoms with Crippen LogP contribution in [0.1, 0.15) is 54.2 Å². The van der Waals surface area contributed by atoms with Crippen molar-refractivity contribution in [3.63, 3.8) is 0 Å². The summed E-state index contributed by atoms with van der Waals surface area (Å²) in [5.41, 5.74) is 6.50. The second-order valence-electron chi connectivity index (χ2n) is 14.2. The zero-order valence-corrected chi connectivity index (χ0v) is 34.6. The first-order valence-electron chi connectivity index (χ1n) is 18.1. The van der Waals surface area contributed by atoms with Gasteiger partial charge in [-0.25, -0.2) is 19.9 Å². The highest BCUT2D eigenvalue weighted by atomic mass is 32.1. The molecule has 0 aliphatic rings. The molecule has 0 saturated heterocycles. The van der Waals surface area contributed by atoms with E-state index in [-0.39, 0.29) is 23.9 Å². The number of thiazole rings is 4. The third-order valence-electron chi connectivity index (χ3n) is 8.94. The van der Waals surface area contributed by atoms with Crippen molar-refractivity contribution in [2.45, 2.75) is 78.9 Å². The van der Waals surface area contributed by atoms with Crippen LogP contribution in [0.15, 0.2) is 76.1 Å². The van der Waals surface area contributed by atoms with Crippen molar-refractivity contribution >= 4 is 65.9 Å². The number of nitrogens with one attached hydrogen (secondary N) is 2. The molecule has 0 bridgehead atoms. The molecule has 0 spiro atoms. The fraction of sp³-hybridized carbons (Fsp3) is 0.400. The van der Waals surface area contributed by atoms with Crippen LogP contribution < -0.4 is 20.4 Å². The van der Waals surface area contributed by atoms with Crippen LogP contribution in [0, 0.1) is 33.6 Å². The second kappa shape index (κ2) is 18.3. The van der Waals surface area contributed by atoms with Gasteiger partial charge < -0.3 is 25.5 Å². The largest absolute Gasteiger partial charge is 0.508 e. The predicted octanol–water partition coefficient (Wildman–Crippen LogP) is 9.63. The molecule has 4 heterocycles. The van der Waals surface area contributed by atoms with Crippen molar-refractivity contribution in [2.24, 2.45) is 5.92 Å². The normalized spacial score (nSPS) is 13.2. The fourth-order valence-corrected chi connectivity index (χ4v) is 9.75. The number of aryl methyl sites for hydroxylation is 4. The summed E-state index contributed by atoms with van der Waals surface area (Å²) in [6.45, 7) is 14.9. The van der Waals surface area contributed by atoms with E-state index in [1.807, 2.05) is 26.0 Å². The van der Waals surface area contributed by atoms with Crippen LogP contribution in [0.2, 0.25) is 0 Å². The third kappa shape index (κ3) is 11.2. The zero-order chi connectivity index (χ0) is 37.3. The van der Waals surface area contributed by atoms with Gasteiger partial charge in [-0.3, -0.25) is 0 Å². The van der Waals surface area contributed by atoms with Crippen LogP contribution in [0.4, 0.5) is 20.5 Å². The minimum atomic E-state index is 0.00386. The Hall–Kier alpha value is -4.04. The zero-order valence-electron chi connectivity index (χ0n) is 31.3. The Kier molecular flexibility index (Phi) is 13.4. The molecule has 0 saturated carbocycles. The Balaban J connectivity index is 1.42. The average Bonchev–Trinajstić information content (AvgIpc) is 3.95. The monoisotopic (exact) mass is 786 g/mol. The Morgan fingerprint density at radius 3 is 1.70 bits per heavy atom. The number of hydrogen-bond donors (Lipinski definition) is 3. The molecule has 13 heteroatoms. The van der Waals surface area contributed by atoms with Gasteiger partial charge in [0.15, 0.2) is 20.5 Å². The summed E-state index contributed by atoms with van der Waals surface area (Å²) in [5, 5.41) is 30.1. The van der Waals surface area contributed by atoms with E-state index < -0.39 is 0 Å². The smallest absolute Gasteiger partial charge is 0.185 e. The molecule has 0 amide bonds. The quantitative estimate of drug-likeness (QED) is 0.0741. The lowest BCUT2D eigenvalue weighted by Gasteiger charge is -2.40. The van der Waals surface area contributed by atoms with E-state index in [2.05, 4.69) is 100.0 Å². The minimum Gasteiger partial charge on any atom is -0.508 e. The second-order valence-corrected chi connectivity index (χ2v) is 17.5. The van der Waals surface area contributed by atoms with Crippen LogP contribution in [0.25, 0.3) is 0 Å². The van der Waals surface area contributed by atoms with Crippen LogP contribution in [0.5, 0.6) is 5.75 Å². The maximum absolute atomic E-state index is 10.2. The van der Waals surface area contributed by atoms with Gasteiger partial charge in [-0.1, -0.05) is 56.3 Å². The van der Waals surface area contributed by atoms with E-state index in [9.17, 15) is 5.11 Å². The molecule has 0 unspecified atom stereocenters. The highest BCUT2D eigenvalue weighted by molar-refractivity contribution is 7.14. The summed E-state index contributed by atoms with van der Waals surface area (Å²) in [4.78, 5) is 24.8. The van der Waals surface area contributed by atoms with Gasteiger partial charge in [0.25, 0.3) is 0 Å². The molecule has 3 N–H and O–H groups in total. The minimum absolute atomic E-state index is 0.00386. The number of benzene rings is 2. The molecule has 9 nitrogen and oxygen atoms in total. The Morgan fingerprint density at radius 2 is 1.15 bits per heavy atom. The number of nitrogens with zero attached hydrogens (tertiary/aromatic N) is 6. The molecular formula is C40H50N8OS4. The molecule has 53 heavy (non-hydrogen) atoms. The summed E-state index contributed by atoms with van der Waals surface area (Å²) in [6, 6.07) is 18.6. The molecule has 6 aromatic rings. The fourth-order valence-electron chi connectivity index (χ4n) is 6.52. The molecule has 0 aliphatic carbocycles. The van der Waals surface area contributed by atoms with Gasteiger partial charge in [0.05, 0.1) is 34.9 Å². The van der Waals surface area contributed by atoms with E-state index in [0.717, 1.165) is 74.7 Å². The highest BCUT2D eigenvalue weighted by Crippen LogP contribution is 2.31. The molecule has 0 aliphatic heterocycles. The van der Waals surface area contributed by atoms with Crippen molar-refractivity contribution in [1.29, 1.82) is 0 Å². The molecule has 6 rings (SSSR count).